The van der Waals surface area contributed by atoms with Crippen LogP contribution in [0.15, 0.2) is 11.2 Å². The molecule has 1 rings (SSSR count). The third-order valence-corrected chi connectivity index (χ3v) is 5.14. The van der Waals surface area contributed by atoms with Crippen LogP contribution in [0.4, 0.5) is 0 Å². The fraction of sp³-hybridized carbons (Fsp3) is 0.769. The minimum Gasteiger partial charge on any atom is -0.310 e. The van der Waals surface area contributed by atoms with Gasteiger partial charge in [0.05, 0.1) is 6.20 Å². The highest BCUT2D eigenvalue weighted by molar-refractivity contribution is 7.98. The summed E-state index contributed by atoms with van der Waals surface area (Å²) in [6.45, 7) is 4.98. The molecule has 6 nitrogen and oxygen atoms in total. The second kappa shape index (κ2) is 9.45. The summed E-state index contributed by atoms with van der Waals surface area (Å²) >= 11 is 1.81. The van der Waals surface area contributed by atoms with Crippen LogP contribution in [-0.2, 0) is 16.6 Å². The molecule has 3 N–H and O–H groups in total. The Morgan fingerprint density at radius 3 is 2.76 bits per heavy atom. The van der Waals surface area contributed by atoms with Gasteiger partial charge in [-0.2, -0.15) is 16.9 Å². The molecular weight excluding hydrogens is 308 g/mol. The van der Waals surface area contributed by atoms with Crippen molar-refractivity contribution >= 4 is 21.8 Å². The van der Waals surface area contributed by atoms with Gasteiger partial charge in [-0.3, -0.25) is 5.10 Å². The monoisotopic (exact) mass is 334 g/mol. The molecule has 1 aromatic rings. The molecule has 0 aliphatic rings. The molecule has 0 atom stereocenters. The Morgan fingerprint density at radius 2 is 2.10 bits per heavy atom. The Morgan fingerprint density at radius 1 is 1.33 bits per heavy atom. The first-order chi connectivity index (χ1) is 9.97. The van der Waals surface area contributed by atoms with Gasteiger partial charge in [-0.05, 0) is 24.9 Å². The average molecular weight is 335 g/mol. The molecule has 0 saturated carbocycles. The highest BCUT2D eigenvalue weighted by atomic mass is 32.2. The first-order valence-corrected chi connectivity index (χ1v) is 10.1. The minimum atomic E-state index is -3.50. The average Bonchev–Trinajstić information content (AvgIpc) is 2.89. The van der Waals surface area contributed by atoms with Crippen LogP contribution in [-0.4, -0.2) is 43.2 Å². The molecule has 122 valence electrons. The first kappa shape index (κ1) is 18.5. The molecule has 0 saturated heterocycles. The number of unbranched alkanes of at least 4 members (excludes halogenated alkanes) is 2. The van der Waals surface area contributed by atoms with Crippen LogP contribution in [0.25, 0.3) is 0 Å². The molecule has 0 spiro atoms. The largest absolute Gasteiger partial charge is 0.310 e. The molecule has 0 radical (unpaired) electrons. The first-order valence-electron chi connectivity index (χ1n) is 7.21. The van der Waals surface area contributed by atoms with Crippen LogP contribution < -0.4 is 10.0 Å². The smallest absolute Gasteiger partial charge is 0.257 e. The topological polar surface area (TPSA) is 86.9 Å². The van der Waals surface area contributed by atoms with E-state index in [1.165, 1.54) is 0 Å². The maximum absolute atomic E-state index is 12.2. The van der Waals surface area contributed by atoms with Crippen LogP contribution in [0.3, 0.4) is 0 Å². The highest BCUT2D eigenvalue weighted by Gasteiger charge is 2.20. The number of H-pyrrole nitrogens is 1. The van der Waals surface area contributed by atoms with Crippen molar-refractivity contribution in [3.8, 4) is 0 Å². The van der Waals surface area contributed by atoms with Gasteiger partial charge in [0.1, 0.15) is 0 Å². The zero-order valence-corrected chi connectivity index (χ0v) is 14.6. The zero-order valence-electron chi connectivity index (χ0n) is 13.0. The molecule has 0 bridgehead atoms. The lowest BCUT2D eigenvalue weighted by Crippen LogP contribution is -2.28. The molecular formula is C13H26N4O2S2. The second-order valence-corrected chi connectivity index (χ2v) is 7.90. The standard InChI is InChI=1S/C13H26N4O2S2/c1-11(2)14-9-12-10-15-17-13(12)21(18,19)16-7-5-4-6-8-20-3/h10-11,14,16H,4-9H2,1-3H3,(H,15,17). The Kier molecular flexibility index (Phi) is 8.31. The van der Waals surface area contributed by atoms with Crippen LogP contribution >= 0.6 is 11.8 Å². The van der Waals surface area contributed by atoms with E-state index in [-0.39, 0.29) is 5.03 Å². The lowest BCUT2D eigenvalue weighted by atomic mass is 10.2. The summed E-state index contributed by atoms with van der Waals surface area (Å²) in [6, 6.07) is 0.292. The maximum Gasteiger partial charge on any atom is 0.257 e. The lowest BCUT2D eigenvalue weighted by molar-refractivity contribution is 0.561. The molecule has 0 aliphatic heterocycles. The third kappa shape index (κ3) is 6.82. The molecule has 1 heterocycles. The Balaban J connectivity index is 2.48. The number of nitrogens with one attached hydrogen (secondary N) is 3. The Bertz CT molecular complexity index is 500. The van der Waals surface area contributed by atoms with E-state index in [9.17, 15) is 8.42 Å². The molecule has 0 unspecified atom stereocenters. The SMILES string of the molecule is CSCCCCCNS(=O)(=O)c1[nH]ncc1CNC(C)C. The Hall–Kier alpha value is -0.570. The van der Waals surface area contributed by atoms with E-state index >= 15 is 0 Å². The van der Waals surface area contributed by atoms with Crippen LogP contribution in [0.5, 0.6) is 0 Å². The summed E-state index contributed by atoms with van der Waals surface area (Å²) in [7, 11) is -3.50. The number of hydrogen-bond donors (Lipinski definition) is 3. The maximum atomic E-state index is 12.2. The van der Waals surface area contributed by atoms with Crippen LogP contribution in [0.1, 0.15) is 38.7 Å². The fourth-order valence-corrected chi connectivity index (χ4v) is 3.49. The van der Waals surface area contributed by atoms with E-state index < -0.39 is 10.0 Å². The second-order valence-electron chi connectivity index (χ2n) is 5.21. The number of thioether (sulfide) groups is 1. The predicted octanol–water partition coefficient (Wildman–Crippen LogP) is 1.72. The molecule has 0 amide bonds. The predicted molar refractivity (Wildman–Crippen MR) is 88.0 cm³/mol. The van der Waals surface area contributed by atoms with Crippen molar-refractivity contribution in [1.29, 1.82) is 0 Å². The molecule has 0 aliphatic carbocycles. The molecule has 21 heavy (non-hydrogen) atoms. The summed E-state index contributed by atoms with van der Waals surface area (Å²) in [5, 5.41) is 9.80. The van der Waals surface area contributed by atoms with E-state index in [1.54, 1.807) is 6.20 Å². The van der Waals surface area contributed by atoms with E-state index in [0.29, 0.717) is 24.7 Å². The molecule has 0 fully saturated rings. The van der Waals surface area contributed by atoms with Gasteiger partial charge >= 0.3 is 0 Å². The third-order valence-electron chi connectivity index (χ3n) is 2.96. The Labute approximate surface area is 131 Å². The van der Waals surface area contributed by atoms with Gasteiger partial charge in [0.2, 0.25) is 0 Å². The number of nitrogens with zero attached hydrogens (tertiary/aromatic N) is 1. The summed E-state index contributed by atoms with van der Waals surface area (Å²) in [6.07, 6.45) is 6.65. The van der Waals surface area contributed by atoms with Crippen molar-refractivity contribution in [2.24, 2.45) is 0 Å². The molecule has 8 heteroatoms. The number of sulfonamides is 1. The highest BCUT2D eigenvalue weighted by Crippen LogP contribution is 2.12. The summed E-state index contributed by atoms with van der Waals surface area (Å²) in [4.78, 5) is 0. The van der Waals surface area contributed by atoms with Crippen molar-refractivity contribution in [1.82, 2.24) is 20.2 Å². The van der Waals surface area contributed by atoms with Crippen LogP contribution in [0.2, 0.25) is 0 Å². The summed E-state index contributed by atoms with van der Waals surface area (Å²) in [5.74, 6) is 1.12. The number of rotatable bonds is 11. The van der Waals surface area contributed by atoms with Crippen molar-refractivity contribution in [2.45, 2.75) is 50.7 Å². The number of aromatic amines is 1. The van der Waals surface area contributed by atoms with Gasteiger partial charge in [-0.25, -0.2) is 13.1 Å². The van der Waals surface area contributed by atoms with Gasteiger partial charge in [-0.1, -0.05) is 20.3 Å². The summed E-state index contributed by atoms with van der Waals surface area (Å²) in [5.41, 5.74) is 0.665. The van der Waals surface area contributed by atoms with Gasteiger partial charge in [-0.15, -0.1) is 0 Å². The lowest BCUT2D eigenvalue weighted by Gasteiger charge is -2.09. The van der Waals surface area contributed by atoms with E-state index in [2.05, 4.69) is 26.5 Å². The molecule has 0 aromatic carbocycles. The van der Waals surface area contributed by atoms with E-state index in [1.807, 2.05) is 25.6 Å². The van der Waals surface area contributed by atoms with E-state index in [4.69, 9.17) is 0 Å². The van der Waals surface area contributed by atoms with Crippen molar-refractivity contribution < 1.29 is 8.42 Å². The number of hydrogen-bond acceptors (Lipinski definition) is 5. The minimum absolute atomic E-state index is 0.166. The molecule has 1 aromatic heterocycles. The number of aromatic nitrogens is 2. The van der Waals surface area contributed by atoms with Gasteiger partial charge in [0.15, 0.2) is 5.03 Å². The van der Waals surface area contributed by atoms with Gasteiger partial charge in [0.25, 0.3) is 10.0 Å². The normalized spacial score (nSPS) is 12.2. The zero-order chi connectivity index (χ0) is 15.7. The fourth-order valence-electron chi connectivity index (χ4n) is 1.80. The van der Waals surface area contributed by atoms with Crippen molar-refractivity contribution in [3.05, 3.63) is 11.8 Å². The quantitative estimate of drug-likeness (QED) is 0.536. The van der Waals surface area contributed by atoms with E-state index in [0.717, 1.165) is 25.0 Å². The van der Waals surface area contributed by atoms with Crippen molar-refractivity contribution in [2.75, 3.05) is 18.6 Å². The van der Waals surface area contributed by atoms with Crippen LogP contribution in [0, 0.1) is 0 Å². The summed E-state index contributed by atoms with van der Waals surface area (Å²) < 4.78 is 27.1. The van der Waals surface area contributed by atoms with Gasteiger partial charge in [0, 0.05) is 24.7 Å². The van der Waals surface area contributed by atoms with Crippen molar-refractivity contribution in [3.63, 3.8) is 0 Å². The van der Waals surface area contributed by atoms with Gasteiger partial charge < -0.3 is 5.32 Å².